The smallest absolute Gasteiger partial charge is 0.339 e. The van der Waals surface area contributed by atoms with Gasteiger partial charge in [-0.05, 0) is 30.7 Å². The number of ether oxygens (including phenoxy) is 2. The summed E-state index contributed by atoms with van der Waals surface area (Å²) in [5.41, 5.74) is 0.337. The van der Waals surface area contributed by atoms with Crippen molar-refractivity contribution in [3.8, 4) is 17.2 Å². The summed E-state index contributed by atoms with van der Waals surface area (Å²) < 4.78 is 10.9. The molecule has 0 fully saturated rings. The summed E-state index contributed by atoms with van der Waals surface area (Å²) in [6.07, 6.45) is 0. The number of carboxylic acids is 1. The lowest BCUT2D eigenvalue weighted by atomic mass is 10.1. The maximum Gasteiger partial charge on any atom is 0.339 e. The first-order valence-corrected chi connectivity index (χ1v) is 6.45. The van der Waals surface area contributed by atoms with Crippen molar-refractivity contribution >= 4 is 5.97 Å². The van der Waals surface area contributed by atoms with E-state index in [0.29, 0.717) is 24.5 Å². The fourth-order valence-electron chi connectivity index (χ4n) is 1.93. The van der Waals surface area contributed by atoms with Gasteiger partial charge in [-0.3, -0.25) is 0 Å². The van der Waals surface area contributed by atoms with Gasteiger partial charge in [0.25, 0.3) is 0 Å². The third kappa shape index (κ3) is 3.89. The highest BCUT2D eigenvalue weighted by atomic mass is 16.5. The fourth-order valence-corrected chi connectivity index (χ4v) is 1.93. The first-order valence-electron chi connectivity index (χ1n) is 6.45. The second kappa shape index (κ2) is 6.65. The van der Waals surface area contributed by atoms with Crippen molar-refractivity contribution in [1.82, 2.24) is 0 Å². The first kappa shape index (κ1) is 14.7. The highest BCUT2D eigenvalue weighted by molar-refractivity contribution is 5.92. The number of aryl methyl sites for hydroxylation is 1. The van der Waals surface area contributed by atoms with E-state index in [4.69, 9.17) is 14.6 Å². The lowest BCUT2D eigenvalue weighted by Crippen LogP contribution is -2.09. The summed E-state index contributed by atoms with van der Waals surface area (Å²) in [5, 5.41) is 18.6. The molecule has 0 bridgehead atoms. The van der Waals surface area contributed by atoms with Gasteiger partial charge in [0.2, 0.25) is 0 Å². The Morgan fingerprint density at radius 2 is 1.67 bits per heavy atom. The maximum atomic E-state index is 11.0. The van der Waals surface area contributed by atoms with E-state index in [0.717, 1.165) is 5.75 Å². The normalized spacial score (nSPS) is 10.1. The van der Waals surface area contributed by atoms with E-state index in [1.165, 1.54) is 6.07 Å². The zero-order chi connectivity index (χ0) is 15.2. The summed E-state index contributed by atoms with van der Waals surface area (Å²) in [6, 6.07) is 12.2. The Bertz CT molecular complexity index is 599. The predicted octanol–water partition coefficient (Wildman–Crippen LogP) is 2.86. The summed E-state index contributed by atoms with van der Waals surface area (Å²) in [6.45, 7) is 2.25. The van der Waals surface area contributed by atoms with E-state index in [1.807, 2.05) is 30.3 Å². The zero-order valence-corrected chi connectivity index (χ0v) is 11.6. The molecule has 110 valence electrons. The first-order chi connectivity index (χ1) is 10.1. The number of hydrogen-bond donors (Lipinski definition) is 2. The van der Waals surface area contributed by atoms with E-state index < -0.39 is 5.97 Å². The largest absolute Gasteiger partial charge is 0.507 e. The predicted molar refractivity (Wildman–Crippen MR) is 77.2 cm³/mol. The van der Waals surface area contributed by atoms with Gasteiger partial charge in [-0.2, -0.15) is 0 Å². The highest BCUT2D eigenvalue weighted by Crippen LogP contribution is 2.27. The molecule has 0 atom stereocenters. The molecule has 0 aliphatic heterocycles. The van der Waals surface area contributed by atoms with Crippen molar-refractivity contribution in [3.63, 3.8) is 0 Å². The second-order valence-electron chi connectivity index (χ2n) is 4.45. The SMILES string of the molecule is Cc1cc(OCCOc2ccccc2)cc(O)c1C(=O)O. The van der Waals surface area contributed by atoms with Crippen LogP contribution in [0.25, 0.3) is 0 Å². The van der Waals surface area contributed by atoms with Gasteiger partial charge in [0.1, 0.15) is 36.0 Å². The van der Waals surface area contributed by atoms with E-state index in [-0.39, 0.29) is 11.3 Å². The summed E-state index contributed by atoms with van der Waals surface area (Å²) in [5.74, 6) is -0.307. The number of hydrogen-bond acceptors (Lipinski definition) is 4. The molecule has 0 aliphatic carbocycles. The van der Waals surface area contributed by atoms with Gasteiger partial charge in [-0.1, -0.05) is 18.2 Å². The number of aromatic hydroxyl groups is 1. The van der Waals surface area contributed by atoms with Crippen LogP contribution in [0.4, 0.5) is 0 Å². The van der Waals surface area contributed by atoms with Crippen LogP contribution >= 0.6 is 0 Å². The fraction of sp³-hybridized carbons (Fsp3) is 0.188. The number of phenols is 1. The molecular formula is C16H16O5. The Labute approximate surface area is 122 Å². The molecule has 0 aromatic heterocycles. The lowest BCUT2D eigenvalue weighted by Gasteiger charge is -2.11. The molecule has 5 nitrogen and oxygen atoms in total. The molecule has 5 heteroatoms. The Kier molecular flexibility index (Phi) is 4.66. The molecule has 2 aromatic carbocycles. The molecule has 0 heterocycles. The van der Waals surface area contributed by atoms with Crippen LogP contribution in [0, 0.1) is 6.92 Å². The van der Waals surface area contributed by atoms with Gasteiger partial charge < -0.3 is 19.7 Å². The minimum absolute atomic E-state index is 0.108. The number of carboxylic acid groups (broad SMARTS) is 1. The third-order valence-electron chi connectivity index (χ3n) is 2.87. The van der Waals surface area contributed by atoms with Gasteiger partial charge in [-0.25, -0.2) is 4.79 Å². The van der Waals surface area contributed by atoms with E-state index in [9.17, 15) is 9.90 Å². The van der Waals surface area contributed by atoms with Crippen molar-refractivity contribution in [2.75, 3.05) is 13.2 Å². The number of aromatic carboxylic acids is 1. The Morgan fingerprint density at radius 1 is 1.05 bits per heavy atom. The van der Waals surface area contributed by atoms with Gasteiger partial charge in [0.05, 0.1) is 0 Å². The standard InChI is InChI=1S/C16H16O5/c1-11-9-13(10-14(17)15(11)16(18)19)21-8-7-20-12-5-3-2-4-6-12/h2-6,9-10,17H,7-8H2,1H3,(H,18,19). The molecular weight excluding hydrogens is 272 g/mol. The molecule has 0 spiro atoms. The van der Waals surface area contributed by atoms with Crippen molar-refractivity contribution in [3.05, 3.63) is 53.6 Å². The molecule has 2 aromatic rings. The van der Waals surface area contributed by atoms with Crippen LogP contribution in [0.3, 0.4) is 0 Å². The monoisotopic (exact) mass is 288 g/mol. The van der Waals surface area contributed by atoms with Crippen LogP contribution in [0.5, 0.6) is 17.2 Å². The summed E-state index contributed by atoms with van der Waals surface area (Å²) in [7, 11) is 0. The van der Waals surface area contributed by atoms with Gasteiger partial charge >= 0.3 is 5.97 Å². The van der Waals surface area contributed by atoms with E-state index in [2.05, 4.69) is 0 Å². The third-order valence-corrected chi connectivity index (χ3v) is 2.87. The number of rotatable bonds is 6. The van der Waals surface area contributed by atoms with Gasteiger partial charge in [0.15, 0.2) is 0 Å². The van der Waals surface area contributed by atoms with Crippen LogP contribution in [-0.2, 0) is 0 Å². The molecule has 0 saturated heterocycles. The number of carbonyl (C=O) groups is 1. The minimum Gasteiger partial charge on any atom is -0.507 e. The van der Waals surface area contributed by atoms with Gasteiger partial charge in [0, 0.05) is 6.07 Å². The summed E-state index contributed by atoms with van der Waals surface area (Å²) in [4.78, 5) is 11.0. The average Bonchev–Trinajstić information content (AvgIpc) is 2.43. The van der Waals surface area contributed by atoms with Crippen LogP contribution < -0.4 is 9.47 Å². The van der Waals surface area contributed by atoms with E-state index >= 15 is 0 Å². The van der Waals surface area contributed by atoms with E-state index in [1.54, 1.807) is 13.0 Å². The minimum atomic E-state index is -1.16. The molecule has 0 amide bonds. The van der Waals surface area contributed by atoms with Gasteiger partial charge in [-0.15, -0.1) is 0 Å². The molecule has 2 N–H and O–H groups in total. The molecule has 0 unspecified atom stereocenters. The molecule has 2 rings (SSSR count). The quantitative estimate of drug-likeness (QED) is 0.799. The Hall–Kier alpha value is -2.69. The second-order valence-corrected chi connectivity index (χ2v) is 4.45. The highest BCUT2D eigenvalue weighted by Gasteiger charge is 2.14. The molecule has 21 heavy (non-hydrogen) atoms. The van der Waals surface area contributed by atoms with Crippen LogP contribution in [-0.4, -0.2) is 29.4 Å². The average molecular weight is 288 g/mol. The van der Waals surface area contributed by atoms with Crippen molar-refractivity contribution < 1.29 is 24.5 Å². The maximum absolute atomic E-state index is 11.0. The molecule has 0 aliphatic rings. The Morgan fingerprint density at radius 3 is 2.24 bits per heavy atom. The van der Waals surface area contributed by atoms with Crippen LogP contribution in [0.15, 0.2) is 42.5 Å². The zero-order valence-electron chi connectivity index (χ0n) is 11.6. The number of benzene rings is 2. The summed E-state index contributed by atoms with van der Waals surface area (Å²) >= 11 is 0. The van der Waals surface area contributed by atoms with Crippen molar-refractivity contribution in [2.24, 2.45) is 0 Å². The Balaban J connectivity index is 1.91. The number of para-hydroxylation sites is 1. The molecule has 0 radical (unpaired) electrons. The van der Waals surface area contributed by atoms with Crippen LogP contribution in [0.2, 0.25) is 0 Å². The topological polar surface area (TPSA) is 76.0 Å². The molecule has 0 saturated carbocycles. The van der Waals surface area contributed by atoms with Crippen molar-refractivity contribution in [1.29, 1.82) is 0 Å². The van der Waals surface area contributed by atoms with Crippen molar-refractivity contribution in [2.45, 2.75) is 6.92 Å². The van der Waals surface area contributed by atoms with Crippen LogP contribution in [0.1, 0.15) is 15.9 Å². The lowest BCUT2D eigenvalue weighted by molar-refractivity contribution is 0.0693.